The van der Waals surface area contributed by atoms with Crippen LogP contribution in [0, 0.1) is 0 Å². The van der Waals surface area contributed by atoms with Crippen molar-refractivity contribution in [3.05, 3.63) is 0 Å². The summed E-state index contributed by atoms with van der Waals surface area (Å²) in [5, 5.41) is 9.48. The first-order valence-electron chi connectivity index (χ1n) is 4.58. The molecule has 0 amide bonds. The molecule has 68 valence electrons. The standard InChI is InChI=1S/C9H15NO2/c1-10-6-2-8(11)4-7(10)5-9(12)3-6/h6-8,11H,2-5H2,1H3/t6-,7+,8?. The van der Waals surface area contributed by atoms with Gasteiger partial charge >= 0.3 is 0 Å². The number of nitrogens with zero attached hydrogens (tertiary/aromatic N) is 1. The number of carbonyl (C=O) groups is 1. The molecular weight excluding hydrogens is 154 g/mol. The lowest BCUT2D eigenvalue weighted by Gasteiger charge is -2.44. The maximum absolute atomic E-state index is 11.2. The fourth-order valence-corrected chi connectivity index (χ4v) is 2.42. The first kappa shape index (κ1) is 8.20. The number of aliphatic hydroxyl groups is 1. The fraction of sp³-hybridized carbons (Fsp3) is 0.889. The van der Waals surface area contributed by atoms with Crippen molar-refractivity contribution in [2.45, 2.75) is 43.9 Å². The van der Waals surface area contributed by atoms with Crippen LogP contribution in [0.5, 0.6) is 0 Å². The molecule has 0 spiro atoms. The Bertz CT molecular complexity index is 187. The van der Waals surface area contributed by atoms with E-state index in [2.05, 4.69) is 11.9 Å². The van der Waals surface area contributed by atoms with Crippen LogP contribution in [0.1, 0.15) is 25.7 Å². The first-order chi connectivity index (χ1) is 5.66. The summed E-state index contributed by atoms with van der Waals surface area (Å²) >= 11 is 0. The van der Waals surface area contributed by atoms with Gasteiger partial charge in [-0.25, -0.2) is 0 Å². The second kappa shape index (κ2) is 2.82. The number of piperidine rings is 2. The van der Waals surface area contributed by atoms with Gasteiger partial charge in [0.25, 0.3) is 0 Å². The Morgan fingerprint density at radius 2 is 1.83 bits per heavy atom. The number of hydrogen-bond donors (Lipinski definition) is 1. The molecule has 3 heteroatoms. The Hall–Kier alpha value is -0.410. The quantitative estimate of drug-likeness (QED) is 0.562. The lowest BCUT2D eigenvalue weighted by molar-refractivity contribution is -0.128. The zero-order chi connectivity index (χ0) is 8.72. The Morgan fingerprint density at radius 1 is 1.33 bits per heavy atom. The Balaban J connectivity index is 2.13. The summed E-state index contributed by atoms with van der Waals surface area (Å²) in [7, 11) is 2.06. The summed E-state index contributed by atoms with van der Waals surface area (Å²) in [6.45, 7) is 0. The van der Waals surface area contributed by atoms with E-state index in [-0.39, 0.29) is 6.10 Å². The molecule has 0 saturated carbocycles. The maximum Gasteiger partial charge on any atom is 0.136 e. The molecule has 0 aromatic heterocycles. The second-order valence-electron chi connectivity index (χ2n) is 4.05. The Morgan fingerprint density at radius 3 is 2.33 bits per heavy atom. The highest BCUT2D eigenvalue weighted by atomic mass is 16.3. The molecule has 2 heterocycles. The van der Waals surface area contributed by atoms with Gasteiger partial charge in [-0.05, 0) is 19.9 Å². The Labute approximate surface area is 72.4 Å². The van der Waals surface area contributed by atoms with Crippen molar-refractivity contribution in [2.24, 2.45) is 0 Å². The number of ketones is 1. The normalized spacial score (nSPS) is 43.2. The number of hydrogen-bond acceptors (Lipinski definition) is 3. The molecule has 0 aromatic carbocycles. The fourth-order valence-electron chi connectivity index (χ4n) is 2.42. The number of aliphatic hydroxyl groups excluding tert-OH is 1. The summed E-state index contributed by atoms with van der Waals surface area (Å²) in [6.07, 6.45) is 2.66. The minimum Gasteiger partial charge on any atom is -0.393 e. The highest BCUT2D eigenvalue weighted by Gasteiger charge is 2.38. The minimum absolute atomic E-state index is 0.177. The summed E-state index contributed by atoms with van der Waals surface area (Å²) in [6, 6.07) is 0.611. The average Bonchev–Trinajstić information content (AvgIpc) is 1.94. The third kappa shape index (κ3) is 1.27. The zero-order valence-corrected chi connectivity index (χ0v) is 7.36. The number of carbonyl (C=O) groups excluding carboxylic acids is 1. The SMILES string of the molecule is CN1[C@@H]2CC(=O)C[C@H]1CC(O)C2. The molecule has 3 nitrogen and oxygen atoms in total. The van der Waals surface area contributed by atoms with E-state index in [1.807, 2.05) is 0 Å². The van der Waals surface area contributed by atoms with Crippen LogP contribution in [0.2, 0.25) is 0 Å². The van der Waals surface area contributed by atoms with E-state index in [9.17, 15) is 9.90 Å². The van der Waals surface area contributed by atoms with Crippen molar-refractivity contribution in [3.8, 4) is 0 Å². The molecule has 1 unspecified atom stereocenters. The van der Waals surface area contributed by atoms with Crippen molar-refractivity contribution < 1.29 is 9.90 Å². The van der Waals surface area contributed by atoms with E-state index in [1.54, 1.807) is 0 Å². The monoisotopic (exact) mass is 169 g/mol. The smallest absolute Gasteiger partial charge is 0.136 e. The van der Waals surface area contributed by atoms with Crippen molar-refractivity contribution in [2.75, 3.05) is 7.05 Å². The summed E-state index contributed by atoms with van der Waals surface area (Å²) in [5.41, 5.74) is 0. The Kier molecular flexibility index (Phi) is 1.93. The van der Waals surface area contributed by atoms with Crippen molar-refractivity contribution in [1.82, 2.24) is 4.90 Å². The summed E-state index contributed by atoms with van der Waals surface area (Å²) < 4.78 is 0. The average molecular weight is 169 g/mol. The topological polar surface area (TPSA) is 40.5 Å². The number of Topliss-reactive ketones (excluding diaryl/α,β-unsaturated/α-hetero) is 1. The van der Waals surface area contributed by atoms with Crippen molar-refractivity contribution in [3.63, 3.8) is 0 Å². The van der Waals surface area contributed by atoms with Crippen LogP contribution in [0.15, 0.2) is 0 Å². The zero-order valence-electron chi connectivity index (χ0n) is 7.36. The van der Waals surface area contributed by atoms with Gasteiger partial charge in [-0.1, -0.05) is 0 Å². The van der Waals surface area contributed by atoms with Crippen LogP contribution >= 0.6 is 0 Å². The van der Waals surface area contributed by atoms with E-state index >= 15 is 0 Å². The van der Waals surface area contributed by atoms with Gasteiger partial charge in [0.15, 0.2) is 0 Å². The molecule has 3 atom stereocenters. The van der Waals surface area contributed by atoms with Gasteiger partial charge in [0.1, 0.15) is 5.78 Å². The van der Waals surface area contributed by atoms with E-state index in [4.69, 9.17) is 0 Å². The highest BCUT2D eigenvalue weighted by molar-refractivity contribution is 5.80. The van der Waals surface area contributed by atoms with Gasteiger partial charge in [0.2, 0.25) is 0 Å². The van der Waals surface area contributed by atoms with Crippen LogP contribution < -0.4 is 0 Å². The largest absolute Gasteiger partial charge is 0.393 e. The lowest BCUT2D eigenvalue weighted by atomic mass is 9.83. The van der Waals surface area contributed by atoms with Gasteiger partial charge in [0.05, 0.1) is 6.10 Å². The van der Waals surface area contributed by atoms with Crippen LogP contribution in [0.4, 0.5) is 0 Å². The summed E-state index contributed by atoms with van der Waals surface area (Å²) in [5.74, 6) is 0.370. The van der Waals surface area contributed by atoms with E-state index in [0.29, 0.717) is 30.7 Å². The molecular formula is C9H15NO2. The predicted octanol–water partition coefficient (Wildman–Crippen LogP) is 0.173. The van der Waals surface area contributed by atoms with Gasteiger partial charge in [-0.2, -0.15) is 0 Å². The molecule has 2 saturated heterocycles. The van der Waals surface area contributed by atoms with Crippen LogP contribution in [0.3, 0.4) is 0 Å². The van der Waals surface area contributed by atoms with E-state index in [1.165, 1.54) is 0 Å². The minimum atomic E-state index is -0.177. The first-order valence-corrected chi connectivity index (χ1v) is 4.58. The molecule has 2 bridgehead atoms. The third-order valence-corrected chi connectivity index (χ3v) is 3.17. The maximum atomic E-state index is 11.2. The molecule has 1 N–H and O–H groups in total. The second-order valence-corrected chi connectivity index (χ2v) is 4.05. The lowest BCUT2D eigenvalue weighted by Crippen LogP contribution is -2.53. The predicted molar refractivity (Wildman–Crippen MR) is 44.8 cm³/mol. The third-order valence-electron chi connectivity index (χ3n) is 3.17. The molecule has 2 aliphatic rings. The highest BCUT2D eigenvalue weighted by Crippen LogP contribution is 2.30. The molecule has 2 fully saturated rings. The van der Waals surface area contributed by atoms with Crippen LogP contribution in [-0.2, 0) is 4.79 Å². The molecule has 0 radical (unpaired) electrons. The number of fused-ring (bicyclic) bond motifs is 2. The van der Waals surface area contributed by atoms with E-state index < -0.39 is 0 Å². The van der Waals surface area contributed by atoms with Crippen molar-refractivity contribution >= 4 is 5.78 Å². The molecule has 0 aromatic rings. The number of rotatable bonds is 0. The van der Waals surface area contributed by atoms with E-state index in [0.717, 1.165) is 12.8 Å². The summed E-state index contributed by atoms with van der Waals surface area (Å²) in [4.78, 5) is 13.5. The van der Waals surface area contributed by atoms with Crippen molar-refractivity contribution in [1.29, 1.82) is 0 Å². The molecule has 0 aliphatic carbocycles. The molecule has 12 heavy (non-hydrogen) atoms. The molecule has 2 rings (SSSR count). The van der Waals surface area contributed by atoms with Crippen LogP contribution in [0.25, 0.3) is 0 Å². The van der Waals surface area contributed by atoms with Gasteiger partial charge in [-0.15, -0.1) is 0 Å². The van der Waals surface area contributed by atoms with Gasteiger partial charge < -0.3 is 5.11 Å². The molecule has 2 aliphatic heterocycles. The van der Waals surface area contributed by atoms with Gasteiger partial charge in [-0.3, -0.25) is 9.69 Å². The van der Waals surface area contributed by atoms with Gasteiger partial charge in [0, 0.05) is 24.9 Å². The van der Waals surface area contributed by atoms with Crippen LogP contribution in [-0.4, -0.2) is 41.0 Å².